The minimum Gasteiger partial charge on any atom is -0.347 e. The van der Waals surface area contributed by atoms with E-state index in [4.69, 9.17) is 4.98 Å². The Kier molecular flexibility index (Phi) is 7.65. The van der Waals surface area contributed by atoms with E-state index in [9.17, 15) is 13.2 Å². The Bertz CT molecular complexity index is 2130. The zero-order valence-electron chi connectivity index (χ0n) is 23.3. The summed E-state index contributed by atoms with van der Waals surface area (Å²) in [4.78, 5) is 33.8. The summed E-state index contributed by atoms with van der Waals surface area (Å²) in [6.07, 6.45) is 4.74. The summed E-state index contributed by atoms with van der Waals surface area (Å²) in [6, 6.07) is 11.0. The zero-order chi connectivity index (χ0) is 31.0. The molecule has 0 aliphatic carbocycles. The Labute approximate surface area is 254 Å². The van der Waals surface area contributed by atoms with Crippen LogP contribution in [0, 0.1) is 18.6 Å². The van der Waals surface area contributed by atoms with Gasteiger partial charge in [0.05, 0.1) is 23.7 Å². The maximum Gasteiger partial charge on any atom is 0.256 e. The van der Waals surface area contributed by atoms with E-state index in [1.165, 1.54) is 40.0 Å². The van der Waals surface area contributed by atoms with Gasteiger partial charge in [-0.25, -0.2) is 36.5 Å². The molecule has 0 radical (unpaired) electrons. The number of benzene rings is 2. The van der Waals surface area contributed by atoms with Crippen molar-refractivity contribution >= 4 is 49.2 Å². The van der Waals surface area contributed by atoms with Crippen LogP contribution in [0.2, 0.25) is 0 Å². The Morgan fingerprint density at radius 1 is 1.05 bits per heavy atom. The number of hydrogen-bond acceptors (Lipinski definition) is 9. The number of sulfonamides is 1. The first-order chi connectivity index (χ1) is 21.2. The molecule has 0 saturated heterocycles. The van der Waals surface area contributed by atoms with E-state index in [1.807, 2.05) is 6.92 Å². The molecule has 15 heteroatoms. The number of imidazole rings is 1. The van der Waals surface area contributed by atoms with Gasteiger partial charge in [0.2, 0.25) is 21.1 Å². The monoisotopic (exact) mass is 634 g/mol. The lowest BCUT2D eigenvalue weighted by Crippen LogP contribution is -2.27. The highest BCUT2D eigenvalue weighted by Crippen LogP contribution is 2.37. The maximum atomic E-state index is 15.0. The minimum atomic E-state index is -3.79. The molecule has 0 saturated carbocycles. The number of pyridine rings is 1. The lowest BCUT2D eigenvalue weighted by Gasteiger charge is -2.22. The highest BCUT2D eigenvalue weighted by molar-refractivity contribution is 7.93. The van der Waals surface area contributed by atoms with Crippen LogP contribution in [-0.2, 0) is 16.6 Å². The number of nitrogens with one attached hydrogen (secondary N) is 2. The molecule has 224 valence electrons. The van der Waals surface area contributed by atoms with Crippen molar-refractivity contribution in [2.24, 2.45) is 0 Å². The number of aromatic nitrogens is 6. The number of aryl methyl sites for hydroxylation is 1. The van der Waals surface area contributed by atoms with Crippen molar-refractivity contribution in [3.8, 4) is 16.9 Å². The Hall–Kier alpha value is -5.02. The quantitative estimate of drug-likeness (QED) is 0.218. The van der Waals surface area contributed by atoms with Crippen LogP contribution < -0.4 is 15.2 Å². The Morgan fingerprint density at radius 2 is 1.84 bits per heavy atom. The summed E-state index contributed by atoms with van der Waals surface area (Å²) in [5.41, 5.74) is 0.479. The second-order valence-corrected chi connectivity index (χ2v) is 12.6. The fraction of sp³-hybridized carbons (Fsp3) is 0.138. The number of thiazole rings is 1. The van der Waals surface area contributed by atoms with E-state index in [0.29, 0.717) is 33.7 Å². The van der Waals surface area contributed by atoms with Gasteiger partial charge >= 0.3 is 0 Å². The van der Waals surface area contributed by atoms with Gasteiger partial charge in [-0.3, -0.25) is 9.36 Å². The van der Waals surface area contributed by atoms with Gasteiger partial charge < -0.3 is 10.3 Å². The molecule has 0 atom stereocenters. The molecule has 6 rings (SSSR count). The Balaban J connectivity index is 1.63. The first-order valence-electron chi connectivity index (χ1n) is 13.3. The molecule has 11 nitrogen and oxygen atoms in total. The van der Waals surface area contributed by atoms with Crippen molar-refractivity contribution in [3.05, 3.63) is 106 Å². The molecule has 0 spiro atoms. The third-order valence-corrected chi connectivity index (χ3v) is 9.37. The van der Waals surface area contributed by atoms with E-state index >= 15 is 8.78 Å². The number of fused-ring (bicyclic) bond motifs is 1. The third kappa shape index (κ3) is 5.31. The van der Waals surface area contributed by atoms with Crippen LogP contribution in [0.25, 0.3) is 28.0 Å². The molecule has 4 heterocycles. The largest absolute Gasteiger partial charge is 0.347 e. The summed E-state index contributed by atoms with van der Waals surface area (Å²) in [5, 5.41) is 5.30. The van der Waals surface area contributed by atoms with E-state index in [0.717, 1.165) is 16.7 Å². The van der Waals surface area contributed by atoms with Crippen LogP contribution in [0.4, 0.5) is 25.5 Å². The van der Waals surface area contributed by atoms with Crippen molar-refractivity contribution in [2.75, 3.05) is 15.4 Å². The molecule has 0 aliphatic heterocycles. The standard InChI is InChI=1S/C29H24F2N8O3S2/c1-3-44(41,42)39(29-34-13-14-43-29)18-8-7-17(2)20(15-18)25-19-9-10-24(40)38(26-21(30)5-4-6-22(26)31)27(19)37-28(36-25)35-16-23-32-11-12-33-23/h4-15H,3,16H2,1-2H3,(H,32,33)(H,35,36,37). The van der Waals surface area contributed by atoms with Gasteiger partial charge in [-0.15, -0.1) is 11.3 Å². The zero-order valence-corrected chi connectivity index (χ0v) is 25.0. The van der Waals surface area contributed by atoms with Crippen molar-refractivity contribution in [3.63, 3.8) is 0 Å². The normalized spacial score (nSPS) is 11.6. The molecule has 0 aliphatic rings. The smallest absolute Gasteiger partial charge is 0.256 e. The van der Waals surface area contributed by atoms with Gasteiger partial charge in [-0.1, -0.05) is 12.1 Å². The highest BCUT2D eigenvalue weighted by Gasteiger charge is 2.27. The van der Waals surface area contributed by atoms with Crippen molar-refractivity contribution in [1.29, 1.82) is 0 Å². The van der Waals surface area contributed by atoms with Crippen LogP contribution >= 0.6 is 11.3 Å². The molecule has 0 amide bonds. The van der Waals surface area contributed by atoms with Crippen LogP contribution in [-0.4, -0.2) is 43.7 Å². The number of H-pyrrole nitrogens is 1. The van der Waals surface area contributed by atoms with Gasteiger partial charge in [0, 0.05) is 41.0 Å². The number of rotatable bonds is 9. The van der Waals surface area contributed by atoms with Crippen LogP contribution in [0.15, 0.2) is 77.3 Å². The van der Waals surface area contributed by atoms with E-state index in [2.05, 4.69) is 25.3 Å². The first-order valence-corrected chi connectivity index (χ1v) is 15.8. The highest BCUT2D eigenvalue weighted by atomic mass is 32.2. The van der Waals surface area contributed by atoms with Gasteiger partial charge in [0.15, 0.2) is 5.65 Å². The molecule has 44 heavy (non-hydrogen) atoms. The number of hydrogen-bond donors (Lipinski definition) is 2. The number of halogens is 2. The first kappa shape index (κ1) is 29.1. The fourth-order valence-corrected chi connectivity index (χ4v) is 6.72. The maximum absolute atomic E-state index is 15.0. The molecule has 0 fully saturated rings. The average molecular weight is 635 g/mol. The second-order valence-electron chi connectivity index (χ2n) is 9.58. The van der Waals surface area contributed by atoms with E-state index in [1.54, 1.807) is 42.9 Å². The molecule has 6 aromatic rings. The van der Waals surface area contributed by atoms with Crippen molar-refractivity contribution < 1.29 is 17.2 Å². The second kappa shape index (κ2) is 11.6. The van der Waals surface area contributed by atoms with Crippen molar-refractivity contribution in [2.45, 2.75) is 20.4 Å². The third-order valence-electron chi connectivity index (χ3n) is 6.83. The summed E-state index contributed by atoms with van der Waals surface area (Å²) < 4.78 is 58.6. The minimum absolute atomic E-state index is 0.0442. The fourth-order valence-electron chi connectivity index (χ4n) is 4.70. The van der Waals surface area contributed by atoms with Gasteiger partial charge in [0.25, 0.3) is 5.56 Å². The number of para-hydroxylation sites is 1. The Morgan fingerprint density at radius 3 is 2.52 bits per heavy atom. The number of anilines is 3. The molecule has 2 N–H and O–H groups in total. The molecule has 4 aromatic heterocycles. The van der Waals surface area contributed by atoms with E-state index in [-0.39, 0.29) is 29.0 Å². The topological polar surface area (TPSA) is 139 Å². The predicted molar refractivity (Wildman–Crippen MR) is 165 cm³/mol. The van der Waals surface area contributed by atoms with Crippen LogP contribution in [0.1, 0.15) is 18.3 Å². The summed E-state index contributed by atoms with van der Waals surface area (Å²) in [6.45, 7) is 3.54. The van der Waals surface area contributed by atoms with Gasteiger partial charge in [-0.05, 0) is 49.7 Å². The van der Waals surface area contributed by atoms with Gasteiger partial charge in [0.1, 0.15) is 23.1 Å². The summed E-state index contributed by atoms with van der Waals surface area (Å²) >= 11 is 1.17. The van der Waals surface area contributed by atoms with Gasteiger partial charge in [-0.2, -0.15) is 4.98 Å². The lowest BCUT2D eigenvalue weighted by atomic mass is 10.0. The molecule has 0 bridgehead atoms. The molecular formula is C29H24F2N8O3S2. The molecule has 2 aromatic carbocycles. The van der Waals surface area contributed by atoms with E-state index < -0.39 is 32.9 Å². The average Bonchev–Trinajstić information content (AvgIpc) is 3.73. The predicted octanol–water partition coefficient (Wildman–Crippen LogP) is 5.31. The lowest BCUT2D eigenvalue weighted by molar-refractivity contribution is 0.568. The molecule has 0 unspecified atom stereocenters. The summed E-state index contributed by atoms with van der Waals surface area (Å²) in [5.74, 6) is -1.46. The van der Waals surface area contributed by atoms with Crippen molar-refractivity contribution in [1.82, 2.24) is 29.5 Å². The summed E-state index contributed by atoms with van der Waals surface area (Å²) in [7, 11) is -3.79. The van der Waals surface area contributed by atoms with Crippen LogP contribution in [0.3, 0.4) is 0 Å². The van der Waals surface area contributed by atoms with Crippen LogP contribution in [0.5, 0.6) is 0 Å². The molecular weight excluding hydrogens is 611 g/mol. The number of aromatic amines is 1. The SMILES string of the molecule is CCS(=O)(=O)N(c1ccc(C)c(-c2nc(NCc3ncc[nH]3)nc3c2ccc(=O)n3-c2c(F)cccc2F)c1)c1nccs1. The number of nitrogens with zero attached hydrogens (tertiary/aromatic N) is 6.